The number of rotatable bonds is 6. The molecule has 0 fully saturated rings. The molecule has 42 heavy (non-hydrogen) atoms. The van der Waals surface area contributed by atoms with Crippen LogP contribution < -0.4 is 4.74 Å². The van der Waals surface area contributed by atoms with Gasteiger partial charge in [-0.05, 0) is 54.7 Å². The van der Waals surface area contributed by atoms with E-state index < -0.39 is 63.5 Å². The fraction of sp³-hybridized carbons (Fsp3) is 0.161. The topological polar surface area (TPSA) is 35.0 Å². The van der Waals surface area contributed by atoms with E-state index in [0.717, 1.165) is 37.0 Å². The van der Waals surface area contributed by atoms with Gasteiger partial charge in [0.25, 0.3) is 0 Å². The van der Waals surface area contributed by atoms with Crippen molar-refractivity contribution in [3.8, 4) is 29.4 Å². The Balaban J connectivity index is 1.50. The molecule has 0 saturated heterocycles. The van der Waals surface area contributed by atoms with Crippen LogP contribution in [0, 0.1) is 58.6 Å². The molecular weight excluding hydrogens is 568 g/mol. The molecule has 1 heterocycles. The minimum Gasteiger partial charge on any atom is -0.429 e. The number of aromatic nitrogens is 2. The third-order valence-corrected chi connectivity index (χ3v) is 5.70. The van der Waals surface area contributed by atoms with Crippen LogP contribution >= 0.6 is 0 Å². The van der Waals surface area contributed by atoms with E-state index >= 15 is 0 Å². The number of aryl methyl sites for hydroxylation is 1. The molecule has 3 aromatic carbocycles. The summed E-state index contributed by atoms with van der Waals surface area (Å²) in [6.45, 7) is 2.05. The Bertz CT molecular complexity index is 1700. The van der Waals surface area contributed by atoms with Gasteiger partial charge in [-0.1, -0.05) is 31.1 Å². The molecule has 1 aromatic heterocycles. The fourth-order valence-electron chi connectivity index (χ4n) is 3.58. The van der Waals surface area contributed by atoms with Crippen LogP contribution in [-0.2, 0) is 12.5 Å². The Morgan fingerprint density at radius 1 is 0.714 bits per heavy atom. The standard InChI is InChI=1S/C31H18F8N2O/c1-2-3-4-20-16-40-29(41-17-20)10-7-18-6-9-23(26(34)11-18)31(38,39)42-21-14-24(32)22(25(33)15-21)8-5-19-12-27(35)30(37)28(36)13-19/h6,9,11-17H,2-4H2,1H3. The van der Waals surface area contributed by atoms with E-state index in [1.807, 2.05) is 5.92 Å². The smallest absolute Gasteiger partial charge is 0.429 e. The van der Waals surface area contributed by atoms with Gasteiger partial charge in [0.2, 0.25) is 5.82 Å². The van der Waals surface area contributed by atoms with Gasteiger partial charge in [-0.15, -0.1) is 0 Å². The molecule has 0 aliphatic carbocycles. The second-order valence-electron chi connectivity index (χ2n) is 8.85. The highest BCUT2D eigenvalue weighted by atomic mass is 19.3. The van der Waals surface area contributed by atoms with Gasteiger partial charge >= 0.3 is 6.11 Å². The number of hydrogen-bond acceptors (Lipinski definition) is 3. The molecule has 4 rings (SSSR count). The van der Waals surface area contributed by atoms with E-state index in [9.17, 15) is 35.1 Å². The van der Waals surface area contributed by atoms with Crippen molar-refractivity contribution in [3.05, 3.63) is 123 Å². The number of ether oxygens (including phenoxy) is 1. The Kier molecular flexibility index (Phi) is 9.12. The van der Waals surface area contributed by atoms with Gasteiger partial charge in [-0.2, -0.15) is 8.78 Å². The molecular formula is C31H18F8N2O. The van der Waals surface area contributed by atoms with Crippen molar-refractivity contribution in [1.82, 2.24) is 9.97 Å². The van der Waals surface area contributed by atoms with Gasteiger partial charge in [0, 0.05) is 35.7 Å². The normalized spacial score (nSPS) is 10.9. The summed E-state index contributed by atoms with van der Waals surface area (Å²) in [5.41, 5.74) is -1.64. The van der Waals surface area contributed by atoms with Crippen molar-refractivity contribution < 1.29 is 39.9 Å². The van der Waals surface area contributed by atoms with E-state index in [4.69, 9.17) is 0 Å². The maximum absolute atomic E-state index is 14.8. The van der Waals surface area contributed by atoms with Crippen molar-refractivity contribution in [2.45, 2.75) is 32.3 Å². The molecule has 0 unspecified atom stereocenters. The average molecular weight is 586 g/mol. The lowest BCUT2D eigenvalue weighted by Crippen LogP contribution is -2.23. The van der Waals surface area contributed by atoms with Crippen molar-refractivity contribution in [2.24, 2.45) is 0 Å². The van der Waals surface area contributed by atoms with Gasteiger partial charge in [0.15, 0.2) is 17.5 Å². The summed E-state index contributed by atoms with van der Waals surface area (Å²) < 4.78 is 117. The number of benzene rings is 3. The van der Waals surface area contributed by atoms with Gasteiger partial charge in [-0.3, -0.25) is 0 Å². The Labute approximate surface area is 235 Å². The monoisotopic (exact) mass is 586 g/mol. The van der Waals surface area contributed by atoms with Crippen LogP contribution in [0.2, 0.25) is 0 Å². The van der Waals surface area contributed by atoms with Gasteiger partial charge in [-0.25, -0.2) is 36.3 Å². The molecule has 0 saturated carbocycles. The van der Waals surface area contributed by atoms with Crippen molar-refractivity contribution in [1.29, 1.82) is 0 Å². The van der Waals surface area contributed by atoms with Crippen LogP contribution in [0.1, 0.15) is 53.4 Å². The highest BCUT2D eigenvalue weighted by Gasteiger charge is 2.38. The third-order valence-electron chi connectivity index (χ3n) is 5.70. The first-order valence-electron chi connectivity index (χ1n) is 12.3. The molecule has 0 aliphatic heterocycles. The second kappa shape index (κ2) is 12.7. The van der Waals surface area contributed by atoms with Crippen LogP contribution in [0.15, 0.2) is 54.9 Å². The van der Waals surface area contributed by atoms with Gasteiger partial charge in [0.1, 0.15) is 28.8 Å². The lowest BCUT2D eigenvalue weighted by atomic mass is 10.1. The zero-order valence-electron chi connectivity index (χ0n) is 21.6. The van der Waals surface area contributed by atoms with E-state index in [-0.39, 0.29) is 11.4 Å². The number of nitrogens with zero attached hydrogens (tertiary/aromatic N) is 2. The minimum absolute atomic E-state index is 0.0339. The molecule has 214 valence electrons. The van der Waals surface area contributed by atoms with Crippen molar-refractivity contribution in [2.75, 3.05) is 0 Å². The van der Waals surface area contributed by atoms with E-state index in [1.165, 1.54) is 0 Å². The van der Waals surface area contributed by atoms with Crippen molar-refractivity contribution >= 4 is 0 Å². The van der Waals surface area contributed by atoms with Crippen LogP contribution in [0.4, 0.5) is 35.1 Å². The summed E-state index contributed by atoms with van der Waals surface area (Å²) in [7, 11) is 0. The van der Waals surface area contributed by atoms with Crippen LogP contribution in [0.5, 0.6) is 5.75 Å². The predicted molar refractivity (Wildman–Crippen MR) is 136 cm³/mol. The van der Waals surface area contributed by atoms with Crippen molar-refractivity contribution in [3.63, 3.8) is 0 Å². The Morgan fingerprint density at radius 2 is 1.31 bits per heavy atom. The maximum atomic E-state index is 14.8. The molecule has 0 spiro atoms. The second-order valence-corrected chi connectivity index (χ2v) is 8.85. The van der Waals surface area contributed by atoms with E-state index in [2.05, 4.69) is 39.4 Å². The first-order valence-corrected chi connectivity index (χ1v) is 12.3. The summed E-state index contributed by atoms with van der Waals surface area (Å²) in [5, 5.41) is 0. The summed E-state index contributed by atoms with van der Waals surface area (Å²) in [6.07, 6.45) is 1.68. The summed E-state index contributed by atoms with van der Waals surface area (Å²) >= 11 is 0. The lowest BCUT2D eigenvalue weighted by Gasteiger charge is -2.19. The highest BCUT2D eigenvalue weighted by Crippen LogP contribution is 2.34. The number of unbranched alkanes of at least 4 members (excludes halogenated alkanes) is 1. The molecule has 3 nitrogen and oxygen atoms in total. The molecule has 4 aromatic rings. The molecule has 11 heteroatoms. The number of alkyl halides is 2. The minimum atomic E-state index is -4.36. The molecule has 0 atom stereocenters. The Hall–Kier alpha value is -4.90. The summed E-state index contributed by atoms with van der Waals surface area (Å²) in [4.78, 5) is 8.20. The lowest BCUT2D eigenvalue weighted by molar-refractivity contribution is -0.187. The van der Waals surface area contributed by atoms with Crippen LogP contribution in [0.25, 0.3) is 0 Å². The first-order chi connectivity index (χ1) is 20.0. The molecule has 0 aliphatic rings. The molecule has 0 bridgehead atoms. The zero-order valence-corrected chi connectivity index (χ0v) is 21.6. The van der Waals surface area contributed by atoms with Gasteiger partial charge in [0.05, 0.1) is 5.56 Å². The average Bonchev–Trinajstić information content (AvgIpc) is 2.93. The summed E-state index contributed by atoms with van der Waals surface area (Å²) in [5.74, 6) is -0.843. The quantitative estimate of drug-likeness (QED) is 0.133. The van der Waals surface area contributed by atoms with E-state index in [0.29, 0.717) is 30.3 Å². The fourth-order valence-corrected chi connectivity index (χ4v) is 3.58. The number of halogens is 8. The molecule has 0 amide bonds. The first kappa shape index (κ1) is 30.1. The number of hydrogen-bond donors (Lipinski definition) is 0. The molecule has 0 N–H and O–H groups in total. The van der Waals surface area contributed by atoms with E-state index in [1.54, 1.807) is 12.4 Å². The SMILES string of the molecule is CCCCc1cnc(C#Cc2ccc(C(F)(F)Oc3cc(F)c(C#Cc4cc(F)c(F)c(F)c4)c(F)c3)c(F)c2)nc1. The van der Waals surface area contributed by atoms with Crippen LogP contribution in [-0.4, -0.2) is 9.97 Å². The third kappa shape index (κ3) is 7.24. The predicted octanol–water partition coefficient (Wildman–Crippen LogP) is 7.58. The van der Waals surface area contributed by atoms with Gasteiger partial charge < -0.3 is 4.74 Å². The largest absolute Gasteiger partial charge is 0.429 e. The van der Waals surface area contributed by atoms with Crippen LogP contribution in [0.3, 0.4) is 0 Å². The maximum Gasteiger partial charge on any atom is 0.429 e. The Morgan fingerprint density at radius 3 is 1.90 bits per heavy atom. The zero-order chi connectivity index (χ0) is 30.4. The molecule has 0 radical (unpaired) electrons. The summed E-state index contributed by atoms with van der Waals surface area (Å²) in [6, 6.07) is 4.29. The highest BCUT2D eigenvalue weighted by molar-refractivity contribution is 5.47.